The van der Waals surface area contributed by atoms with Crippen molar-refractivity contribution in [1.82, 2.24) is 0 Å². The first-order valence-electron chi connectivity index (χ1n) is 8.10. The van der Waals surface area contributed by atoms with Crippen molar-refractivity contribution in [1.29, 1.82) is 0 Å². The third-order valence-electron chi connectivity index (χ3n) is 6.00. The maximum Gasteiger partial charge on any atom is 0.503 e. The molecule has 2 saturated carbocycles. The first-order chi connectivity index (χ1) is 9.87. The van der Waals surface area contributed by atoms with Gasteiger partial charge in [-0.2, -0.15) is 0 Å². The van der Waals surface area contributed by atoms with Gasteiger partial charge in [-0.1, -0.05) is 13.8 Å². The van der Waals surface area contributed by atoms with E-state index in [4.69, 9.17) is 24.5 Å². The summed E-state index contributed by atoms with van der Waals surface area (Å²) in [5.74, 6) is 1.76. The lowest BCUT2D eigenvalue weighted by atomic mass is 9.63. The summed E-state index contributed by atoms with van der Waals surface area (Å²) in [7, 11) is 0. The van der Waals surface area contributed by atoms with Crippen LogP contribution in [0.2, 0.25) is 0 Å². The van der Waals surface area contributed by atoms with Crippen molar-refractivity contribution in [3.05, 3.63) is 0 Å². The highest BCUT2D eigenvalue weighted by atomic mass is 16.6. The van der Waals surface area contributed by atoms with E-state index in [2.05, 4.69) is 13.8 Å². The number of carbonyl (C=O) groups is 1. The molecule has 5 heteroatoms. The molecule has 0 radical (unpaired) electrons. The smallest absolute Gasteiger partial charge is 0.450 e. The Labute approximate surface area is 125 Å². The lowest BCUT2D eigenvalue weighted by Gasteiger charge is -2.41. The minimum absolute atomic E-state index is 0.532. The van der Waals surface area contributed by atoms with Crippen molar-refractivity contribution in [2.24, 2.45) is 17.3 Å². The molecule has 2 aliphatic carbocycles. The number of hydrogen-bond donors (Lipinski definition) is 2. The van der Waals surface area contributed by atoms with Gasteiger partial charge in [-0.15, -0.1) is 0 Å². The average molecular weight is 298 g/mol. The van der Waals surface area contributed by atoms with Gasteiger partial charge >= 0.3 is 6.16 Å². The topological polar surface area (TPSA) is 82.6 Å². The summed E-state index contributed by atoms with van der Waals surface area (Å²) in [6, 6.07) is 0. The molecule has 0 aromatic rings. The maximum atomic E-state index is 8.56. The van der Waals surface area contributed by atoms with Crippen LogP contribution in [0.4, 0.5) is 4.79 Å². The molecule has 2 N–H and O–H groups in total. The van der Waals surface area contributed by atoms with Crippen LogP contribution in [0.1, 0.15) is 52.4 Å². The van der Waals surface area contributed by atoms with E-state index < -0.39 is 6.16 Å². The summed E-state index contributed by atoms with van der Waals surface area (Å²) >= 11 is 0. The predicted octanol–water partition coefficient (Wildman–Crippen LogP) is 3.37. The quantitative estimate of drug-likeness (QED) is 0.764. The molecule has 0 bridgehead atoms. The molecule has 2 aliphatic heterocycles. The first kappa shape index (κ1) is 15.1. The fraction of sp³-hybridized carbons (Fsp3) is 0.938. The Bertz CT molecular complexity index is 407. The maximum absolute atomic E-state index is 8.56. The zero-order valence-corrected chi connectivity index (χ0v) is 12.8. The van der Waals surface area contributed by atoms with E-state index in [1.54, 1.807) is 0 Å². The number of carboxylic acid groups (broad SMARTS) is 2. The molecular weight excluding hydrogens is 272 g/mol. The van der Waals surface area contributed by atoms with Crippen LogP contribution in [0, 0.1) is 17.3 Å². The molecule has 0 amide bonds. The second kappa shape index (κ2) is 5.43. The zero-order chi connectivity index (χ0) is 15.2. The minimum Gasteiger partial charge on any atom is -0.450 e. The summed E-state index contributed by atoms with van der Waals surface area (Å²) in [5.41, 5.74) is 0.532. The monoisotopic (exact) mass is 298 g/mol. The van der Waals surface area contributed by atoms with E-state index in [0.717, 1.165) is 11.8 Å². The molecule has 120 valence electrons. The minimum atomic E-state index is -1.83. The van der Waals surface area contributed by atoms with Gasteiger partial charge in [0.1, 0.15) is 0 Å². The van der Waals surface area contributed by atoms with Crippen LogP contribution in [-0.2, 0) is 9.47 Å². The second-order valence-corrected chi connectivity index (χ2v) is 7.59. The van der Waals surface area contributed by atoms with Gasteiger partial charge in [0, 0.05) is 0 Å². The van der Waals surface area contributed by atoms with Crippen LogP contribution in [0.25, 0.3) is 0 Å². The zero-order valence-electron chi connectivity index (χ0n) is 12.8. The van der Waals surface area contributed by atoms with Gasteiger partial charge in [0.25, 0.3) is 0 Å². The summed E-state index contributed by atoms with van der Waals surface area (Å²) in [4.78, 5) is 8.56. The molecule has 4 aliphatic rings. The Balaban J connectivity index is 0.000000298. The number of fused-ring (bicyclic) bond motifs is 2. The predicted molar refractivity (Wildman–Crippen MR) is 76.4 cm³/mol. The van der Waals surface area contributed by atoms with E-state index in [1.807, 2.05) is 0 Å². The van der Waals surface area contributed by atoms with Crippen molar-refractivity contribution < 1.29 is 24.5 Å². The van der Waals surface area contributed by atoms with Gasteiger partial charge in [-0.05, 0) is 55.8 Å². The highest BCUT2D eigenvalue weighted by Gasteiger charge is 2.53. The molecule has 7 atom stereocenters. The van der Waals surface area contributed by atoms with Crippen LogP contribution in [0.3, 0.4) is 0 Å². The molecule has 7 unspecified atom stereocenters. The highest BCUT2D eigenvalue weighted by molar-refractivity contribution is 5.53. The molecule has 5 nitrogen and oxygen atoms in total. The fourth-order valence-corrected chi connectivity index (χ4v) is 4.48. The Morgan fingerprint density at radius 3 is 2.38 bits per heavy atom. The fourth-order valence-electron chi connectivity index (χ4n) is 4.48. The average Bonchev–Trinajstić information content (AvgIpc) is 3.24. The van der Waals surface area contributed by atoms with Gasteiger partial charge in [-0.25, -0.2) is 4.79 Å². The van der Waals surface area contributed by atoms with Crippen LogP contribution >= 0.6 is 0 Å². The van der Waals surface area contributed by atoms with Crippen molar-refractivity contribution in [3.63, 3.8) is 0 Å². The van der Waals surface area contributed by atoms with E-state index >= 15 is 0 Å². The van der Waals surface area contributed by atoms with E-state index in [0.29, 0.717) is 29.8 Å². The van der Waals surface area contributed by atoms with Crippen molar-refractivity contribution in [2.45, 2.75) is 76.8 Å². The second-order valence-electron chi connectivity index (χ2n) is 7.59. The molecule has 0 spiro atoms. The van der Waals surface area contributed by atoms with E-state index in [9.17, 15) is 0 Å². The number of hydrogen-bond acceptors (Lipinski definition) is 3. The van der Waals surface area contributed by atoms with Crippen LogP contribution in [-0.4, -0.2) is 40.8 Å². The summed E-state index contributed by atoms with van der Waals surface area (Å²) in [5, 5.41) is 13.9. The molecule has 4 rings (SSSR count). The summed E-state index contributed by atoms with van der Waals surface area (Å²) in [6.45, 7) is 4.95. The Morgan fingerprint density at radius 2 is 1.71 bits per heavy atom. The first-order valence-corrected chi connectivity index (χ1v) is 8.10. The molecule has 2 saturated heterocycles. The standard InChI is InChI=1S/C15H24O2.CH2O3/c1-9-5-12-14(17-12)8-15(9,2)7-10-3-4-11-13(6-10)16-11;2-1(3)4/h9-14H,3-8H2,1-2H3;(H2,2,3,4). The molecule has 2 heterocycles. The Hall–Kier alpha value is -0.810. The van der Waals surface area contributed by atoms with Crippen molar-refractivity contribution in [2.75, 3.05) is 0 Å². The van der Waals surface area contributed by atoms with Crippen LogP contribution < -0.4 is 0 Å². The van der Waals surface area contributed by atoms with Crippen LogP contribution in [0.15, 0.2) is 0 Å². The lowest BCUT2D eigenvalue weighted by Crippen LogP contribution is -2.35. The van der Waals surface area contributed by atoms with E-state index in [1.165, 1.54) is 38.5 Å². The third-order valence-corrected chi connectivity index (χ3v) is 6.00. The lowest BCUT2D eigenvalue weighted by molar-refractivity contribution is 0.0994. The number of ether oxygens (including phenoxy) is 2. The van der Waals surface area contributed by atoms with Gasteiger partial charge < -0.3 is 19.7 Å². The highest BCUT2D eigenvalue weighted by Crippen LogP contribution is 2.54. The molecule has 0 aromatic carbocycles. The van der Waals surface area contributed by atoms with Crippen molar-refractivity contribution in [3.8, 4) is 0 Å². The van der Waals surface area contributed by atoms with Gasteiger partial charge in [0.15, 0.2) is 0 Å². The largest absolute Gasteiger partial charge is 0.503 e. The number of rotatable bonds is 2. The van der Waals surface area contributed by atoms with Gasteiger partial charge in [0.2, 0.25) is 0 Å². The molecule has 21 heavy (non-hydrogen) atoms. The third kappa shape index (κ3) is 3.51. The van der Waals surface area contributed by atoms with Crippen LogP contribution in [0.5, 0.6) is 0 Å². The normalized spacial score (nSPS) is 50.0. The SMILES string of the molecule is CC1CC2OC2CC1(C)CC1CCC2OC2C1.O=C(O)O. The molecule has 0 aromatic heterocycles. The van der Waals surface area contributed by atoms with E-state index in [-0.39, 0.29) is 0 Å². The molecule has 4 fully saturated rings. The van der Waals surface area contributed by atoms with Gasteiger partial charge in [-0.3, -0.25) is 0 Å². The number of epoxide rings is 2. The summed E-state index contributed by atoms with van der Waals surface area (Å²) in [6.07, 6.45) is 8.78. The summed E-state index contributed by atoms with van der Waals surface area (Å²) < 4.78 is 11.4. The van der Waals surface area contributed by atoms with Gasteiger partial charge in [0.05, 0.1) is 24.4 Å². The Kier molecular flexibility index (Phi) is 3.91. The Morgan fingerprint density at radius 1 is 1.10 bits per heavy atom. The van der Waals surface area contributed by atoms with Crippen molar-refractivity contribution >= 4 is 6.16 Å². The molecular formula is C16H26O5.